The van der Waals surface area contributed by atoms with Gasteiger partial charge in [-0.1, -0.05) is 11.3 Å². The van der Waals surface area contributed by atoms with Crippen molar-refractivity contribution in [1.82, 2.24) is 10.2 Å². The minimum absolute atomic E-state index is 0.0690. The fraction of sp³-hybridized carbons (Fsp3) is 0.476. The number of anilines is 3. The molecule has 0 aromatic carbocycles. The van der Waals surface area contributed by atoms with Crippen LogP contribution in [-0.4, -0.2) is 35.0 Å². The predicted molar refractivity (Wildman–Crippen MR) is 123 cm³/mol. The summed E-state index contributed by atoms with van der Waals surface area (Å²) in [6, 6.07) is 1.52. The van der Waals surface area contributed by atoms with E-state index < -0.39 is 11.5 Å². The van der Waals surface area contributed by atoms with E-state index in [1.807, 2.05) is 0 Å². The van der Waals surface area contributed by atoms with Crippen molar-refractivity contribution >= 4 is 39.4 Å². The number of hydrogen-bond donors (Lipinski definition) is 4. The summed E-state index contributed by atoms with van der Waals surface area (Å²) >= 11 is 1.12. The summed E-state index contributed by atoms with van der Waals surface area (Å²) in [6.07, 6.45) is 9.35. The molecule has 2 aromatic rings. The van der Waals surface area contributed by atoms with Gasteiger partial charge in [0.1, 0.15) is 0 Å². The topological polar surface area (TPSA) is 142 Å². The zero-order valence-corrected chi connectivity index (χ0v) is 18.8. The maximum absolute atomic E-state index is 12.8. The van der Waals surface area contributed by atoms with Crippen LogP contribution in [0.4, 0.5) is 16.0 Å². The maximum Gasteiger partial charge on any atom is 0.381 e. The van der Waals surface area contributed by atoms with E-state index in [0.717, 1.165) is 42.7 Å². The summed E-state index contributed by atoms with van der Waals surface area (Å²) in [4.78, 5) is 25.3. The van der Waals surface area contributed by atoms with Crippen LogP contribution in [0, 0.1) is 11.3 Å². The summed E-state index contributed by atoms with van der Waals surface area (Å²) in [7, 11) is 1.41. The van der Waals surface area contributed by atoms with Crippen LogP contribution in [0.5, 0.6) is 5.75 Å². The number of amides is 1. The molecular formula is C21H26N6O4S. The lowest BCUT2D eigenvalue weighted by Crippen LogP contribution is -2.46. The number of rotatable bonds is 8. The number of allylic oxidation sites excluding steroid dienone is 2. The molecule has 0 aliphatic heterocycles. The number of nitrogens with one attached hydrogen (secondary N) is 4. The lowest BCUT2D eigenvalue weighted by molar-refractivity contribution is 0.0991. The minimum Gasteiger partial charge on any atom is -0.488 e. The summed E-state index contributed by atoms with van der Waals surface area (Å²) in [5, 5.41) is 24.8. The van der Waals surface area contributed by atoms with Gasteiger partial charge in [-0.05, 0) is 57.4 Å². The Balaban J connectivity index is 1.53. The van der Waals surface area contributed by atoms with Gasteiger partial charge in [-0.2, -0.15) is 0 Å². The smallest absolute Gasteiger partial charge is 0.381 e. The zero-order chi connectivity index (χ0) is 22.7. The van der Waals surface area contributed by atoms with Crippen LogP contribution >= 0.6 is 11.3 Å². The Labute approximate surface area is 189 Å². The third-order valence-corrected chi connectivity index (χ3v) is 6.87. The molecule has 11 heteroatoms. The lowest BCUT2D eigenvalue weighted by atomic mass is 9.66. The highest BCUT2D eigenvalue weighted by Gasteiger charge is 2.41. The largest absolute Gasteiger partial charge is 0.488 e. The van der Waals surface area contributed by atoms with E-state index in [2.05, 4.69) is 26.1 Å². The van der Waals surface area contributed by atoms with Gasteiger partial charge in [0.2, 0.25) is 16.0 Å². The second-order valence-electron chi connectivity index (χ2n) is 8.24. The van der Waals surface area contributed by atoms with Gasteiger partial charge < -0.3 is 25.2 Å². The molecule has 0 radical (unpaired) electrons. The van der Waals surface area contributed by atoms with Crippen molar-refractivity contribution in [2.45, 2.75) is 51.0 Å². The standard InChI is InChI=1S/C21H26N6O4S/c1-12(6-10-22)23-19-26-27-20(32-19)24-17(28)15-11-14(16(30-2)18(29)31-15)25-21-7-3-13(4-8-21)5-9-21/h6,10-11,13,22,25H,3-5,7-9H2,1-2H3,(H,23,26)(H,24,27,28)/b12-6-,22-10?. The first kappa shape index (κ1) is 22.0. The normalized spacial score (nSPS) is 22.3. The number of carbonyl (C=O) groups excluding carboxylic acids is 1. The van der Waals surface area contributed by atoms with Crippen LogP contribution in [-0.2, 0) is 0 Å². The molecule has 3 aliphatic carbocycles. The second-order valence-corrected chi connectivity index (χ2v) is 9.22. The van der Waals surface area contributed by atoms with Gasteiger partial charge in [-0.15, -0.1) is 10.2 Å². The molecule has 0 saturated heterocycles. The molecular weight excluding hydrogens is 432 g/mol. The number of nitrogens with zero attached hydrogens (tertiary/aromatic N) is 2. The monoisotopic (exact) mass is 458 g/mol. The number of carbonyl (C=O) groups is 1. The molecule has 2 bridgehead atoms. The van der Waals surface area contributed by atoms with E-state index in [9.17, 15) is 9.59 Å². The Hall–Kier alpha value is -3.21. The lowest BCUT2D eigenvalue weighted by Gasteiger charge is -2.47. The Morgan fingerprint density at radius 2 is 1.91 bits per heavy atom. The SMILES string of the molecule is COc1c(NC23CCC(CC2)CC3)cc(C(=O)Nc2nnc(N/C(C)=C\C=N)s2)oc1=O. The van der Waals surface area contributed by atoms with Crippen molar-refractivity contribution in [3.05, 3.63) is 34.0 Å². The third kappa shape index (κ3) is 4.67. The molecule has 32 heavy (non-hydrogen) atoms. The van der Waals surface area contributed by atoms with Crippen molar-refractivity contribution in [3.63, 3.8) is 0 Å². The number of methoxy groups -OCH3 is 1. The highest BCUT2D eigenvalue weighted by molar-refractivity contribution is 7.19. The van der Waals surface area contributed by atoms with Gasteiger partial charge >= 0.3 is 5.63 Å². The molecule has 3 saturated carbocycles. The molecule has 3 aliphatic rings. The summed E-state index contributed by atoms with van der Waals surface area (Å²) < 4.78 is 10.5. The average Bonchev–Trinajstić information content (AvgIpc) is 3.21. The van der Waals surface area contributed by atoms with E-state index in [1.165, 1.54) is 32.4 Å². The second kappa shape index (κ2) is 9.11. The number of ether oxygens (including phenoxy) is 1. The molecule has 0 unspecified atom stereocenters. The van der Waals surface area contributed by atoms with E-state index in [-0.39, 0.29) is 22.2 Å². The first-order valence-corrected chi connectivity index (χ1v) is 11.3. The van der Waals surface area contributed by atoms with E-state index in [0.29, 0.717) is 16.5 Å². The van der Waals surface area contributed by atoms with Crippen molar-refractivity contribution in [2.24, 2.45) is 5.92 Å². The number of aromatic nitrogens is 2. The van der Waals surface area contributed by atoms with Crippen LogP contribution in [0.2, 0.25) is 0 Å². The Morgan fingerprint density at radius 1 is 1.25 bits per heavy atom. The van der Waals surface area contributed by atoms with Gasteiger partial charge in [0, 0.05) is 23.5 Å². The minimum atomic E-state index is -0.712. The van der Waals surface area contributed by atoms with E-state index >= 15 is 0 Å². The van der Waals surface area contributed by atoms with Crippen LogP contribution in [0.25, 0.3) is 0 Å². The van der Waals surface area contributed by atoms with Gasteiger partial charge in [0.25, 0.3) is 5.91 Å². The Bertz CT molecular complexity index is 1090. The summed E-state index contributed by atoms with van der Waals surface area (Å²) in [5.41, 5.74) is 0.393. The maximum atomic E-state index is 12.8. The molecule has 0 spiro atoms. The van der Waals surface area contributed by atoms with Crippen molar-refractivity contribution in [2.75, 3.05) is 23.1 Å². The van der Waals surface area contributed by atoms with Gasteiger partial charge in [0.15, 0.2) is 5.76 Å². The highest BCUT2D eigenvalue weighted by atomic mass is 32.1. The van der Waals surface area contributed by atoms with Crippen molar-refractivity contribution < 1.29 is 13.9 Å². The van der Waals surface area contributed by atoms with Crippen molar-refractivity contribution in [3.8, 4) is 5.75 Å². The molecule has 3 fully saturated rings. The quantitative estimate of drug-likeness (QED) is 0.437. The molecule has 2 heterocycles. The average molecular weight is 459 g/mol. The predicted octanol–water partition coefficient (Wildman–Crippen LogP) is 3.85. The molecule has 4 N–H and O–H groups in total. The van der Waals surface area contributed by atoms with Gasteiger partial charge in [-0.3, -0.25) is 10.1 Å². The fourth-order valence-corrected chi connectivity index (χ4v) is 5.12. The number of hydrogen-bond acceptors (Lipinski definition) is 10. The molecule has 0 atom stereocenters. The van der Waals surface area contributed by atoms with Crippen LogP contribution < -0.4 is 26.3 Å². The molecule has 170 valence electrons. The van der Waals surface area contributed by atoms with Gasteiger partial charge in [-0.25, -0.2) is 4.79 Å². The fourth-order valence-electron chi connectivity index (χ4n) is 4.42. The van der Waals surface area contributed by atoms with E-state index in [4.69, 9.17) is 14.6 Å². The highest BCUT2D eigenvalue weighted by Crippen LogP contribution is 2.46. The van der Waals surface area contributed by atoms with Gasteiger partial charge in [0.05, 0.1) is 12.8 Å². The first-order valence-electron chi connectivity index (χ1n) is 10.5. The zero-order valence-electron chi connectivity index (χ0n) is 18.0. The third-order valence-electron chi connectivity index (χ3n) is 6.11. The number of fused-ring (bicyclic) bond motifs is 3. The first-order chi connectivity index (χ1) is 15.4. The molecule has 2 aromatic heterocycles. The van der Waals surface area contributed by atoms with E-state index in [1.54, 1.807) is 13.0 Å². The molecule has 1 amide bonds. The van der Waals surface area contributed by atoms with Crippen LogP contribution in [0.1, 0.15) is 56.0 Å². The Kier molecular flexibility index (Phi) is 6.26. The summed E-state index contributed by atoms with van der Waals surface area (Å²) in [6.45, 7) is 1.78. The summed E-state index contributed by atoms with van der Waals surface area (Å²) in [5.74, 6) is 0.133. The van der Waals surface area contributed by atoms with Crippen LogP contribution in [0.15, 0.2) is 27.1 Å². The molecule has 10 nitrogen and oxygen atoms in total. The molecule has 5 rings (SSSR count). The van der Waals surface area contributed by atoms with Crippen molar-refractivity contribution in [1.29, 1.82) is 5.41 Å². The van der Waals surface area contributed by atoms with Crippen LogP contribution in [0.3, 0.4) is 0 Å². The Morgan fingerprint density at radius 3 is 2.53 bits per heavy atom.